The van der Waals surface area contributed by atoms with Crippen LogP contribution in [0.1, 0.15) is 50.7 Å². The van der Waals surface area contributed by atoms with E-state index >= 15 is 0 Å². The first kappa shape index (κ1) is 19.5. The van der Waals surface area contributed by atoms with Gasteiger partial charge in [-0.15, -0.1) is 0 Å². The first-order valence-electron chi connectivity index (χ1n) is 9.82. The van der Waals surface area contributed by atoms with E-state index in [1.165, 1.54) is 29.0 Å². The molecule has 0 unspecified atom stereocenters. The molecule has 0 spiro atoms. The van der Waals surface area contributed by atoms with Gasteiger partial charge in [0.05, 0.1) is 0 Å². The summed E-state index contributed by atoms with van der Waals surface area (Å²) in [5.41, 5.74) is 3.59. The lowest BCUT2D eigenvalue weighted by Gasteiger charge is -2.28. The molecule has 0 radical (unpaired) electrons. The summed E-state index contributed by atoms with van der Waals surface area (Å²) in [6.45, 7) is 6.90. The average Bonchev–Trinajstić information content (AvgIpc) is 3.05. The molecule has 1 aromatic carbocycles. The highest BCUT2D eigenvalue weighted by Crippen LogP contribution is 2.30. The van der Waals surface area contributed by atoms with Gasteiger partial charge in [0.2, 0.25) is 0 Å². The molecule has 2 aliphatic heterocycles. The fraction of sp³-hybridized carbons (Fsp3) is 0.476. The number of anilines is 1. The fourth-order valence-electron chi connectivity index (χ4n) is 3.54. The van der Waals surface area contributed by atoms with Crippen molar-refractivity contribution in [3.8, 4) is 0 Å². The summed E-state index contributed by atoms with van der Waals surface area (Å²) in [5, 5.41) is 2.85. The van der Waals surface area contributed by atoms with Crippen LogP contribution >= 0.6 is 12.2 Å². The molecule has 0 saturated carbocycles. The van der Waals surface area contributed by atoms with Crippen molar-refractivity contribution in [3.05, 3.63) is 34.9 Å². The van der Waals surface area contributed by atoms with Crippen molar-refractivity contribution in [1.82, 2.24) is 10.2 Å². The van der Waals surface area contributed by atoms with Gasteiger partial charge in [0.15, 0.2) is 5.11 Å². The largest absolute Gasteiger partial charge is 0.371 e. The van der Waals surface area contributed by atoms with Gasteiger partial charge in [0.1, 0.15) is 5.57 Å². The van der Waals surface area contributed by atoms with Crippen LogP contribution in [0.25, 0.3) is 6.08 Å². The lowest BCUT2D eigenvalue weighted by molar-refractivity contribution is -0.128. The van der Waals surface area contributed by atoms with E-state index in [1.807, 2.05) is 6.07 Å². The highest BCUT2D eigenvalue weighted by atomic mass is 32.1. The first-order valence-corrected chi connectivity index (χ1v) is 10.2. The van der Waals surface area contributed by atoms with Crippen molar-refractivity contribution in [2.24, 2.45) is 0 Å². The van der Waals surface area contributed by atoms with Crippen LogP contribution in [0, 0.1) is 0 Å². The number of carbonyl (C=O) groups is 2. The Labute approximate surface area is 166 Å². The molecule has 1 aromatic rings. The van der Waals surface area contributed by atoms with Gasteiger partial charge in [-0.25, -0.2) is 0 Å². The van der Waals surface area contributed by atoms with Gasteiger partial charge in [0, 0.05) is 25.3 Å². The number of amides is 2. The van der Waals surface area contributed by atoms with Crippen LogP contribution in [0.4, 0.5) is 5.69 Å². The number of thiocarbonyl (C=S) groups is 1. The Morgan fingerprint density at radius 3 is 2.63 bits per heavy atom. The molecule has 1 fully saturated rings. The minimum absolute atomic E-state index is 0.153. The number of benzene rings is 1. The Morgan fingerprint density at radius 2 is 1.89 bits per heavy atom. The normalized spacial score (nSPS) is 18.3. The second-order valence-electron chi connectivity index (χ2n) is 7.11. The molecule has 0 atom stereocenters. The van der Waals surface area contributed by atoms with Crippen molar-refractivity contribution in [2.45, 2.75) is 46.0 Å². The molecule has 0 aromatic heterocycles. The molecule has 3 rings (SSSR count). The van der Waals surface area contributed by atoms with Crippen molar-refractivity contribution in [3.63, 3.8) is 0 Å². The second-order valence-corrected chi connectivity index (χ2v) is 7.49. The summed E-state index contributed by atoms with van der Waals surface area (Å²) in [5.74, 6) is -0.718. The maximum Gasteiger partial charge on any atom is 0.265 e. The van der Waals surface area contributed by atoms with Gasteiger partial charge < -0.3 is 4.90 Å². The molecule has 1 saturated heterocycles. The molecule has 2 amide bonds. The highest BCUT2D eigenvalue weighted by molar-refractivity contribution is 7.80. The quantitative estimate of drug-likeness (QED) is 0.445. The van der Waals surface area contributed by atoms with Crippen LogP contribution in [0.15, 0.2) is 23.8 Å². The van der Waals surface area contributed by atoms with Crippen molar-refractivity contribution < 1.29 is 9.59 Å². The van der Waals surface area contributed by atoms with Gasteiger partial charge in [-0.3, -0.25) is 19.8 Å². The molecule has 6 heteroatoms. The van der Waals surface area contributed by atoms with E-state index < -0.39 is 5.91 Å². The number of carbonyl (C=O) groups excluding carboxylic acids is 2. The third-order valence-corrected chi connectivity index (χ3v) is 5.43. The Morgan fingerprint density at radius 1 is 1.15 bits per heavy atom. The van der Waals surface area contributed by atoms with Crippen molar-refractivity contribution >= 4 is 40.9 Å². The average molecular weight is 386 g/mol. The third kappa shape index (κ3) is 4.21. The van der Waals surface area contributed by atoms with Crippen LogP contribution in [0.5, 0.6) is 0 Å². The predicted molar refractivity (Wildman–Crippen MR) is 113 cm³/mol. The number of nitrogens with one attached hydrogen (secondary N) is 1. The zero-order chi connectivity index (χ0) is 19.4. The van der Waals surface area contributed by atoms with Crippen LogP contribution in [-0.4, -0.2) is 41.5 Å². The number of nitrogens with zero attached hydrogens (tertiary/aromatic N) is 2. The molecular weight excluding hydrogens is 358 g/mol. The standard InChI is InChI=1S/C21H27N3O2S/c1-3-5-10-23-12-9-16-13-15(7-8-18(16)23)14-17-19(25)22-21(27)24(20(17)26)11-6-4-2/h7-8,13-14H,3-6,9-12H2,1-2H3,(H,22,25,27). The number of rotatable bonds is 7. The summed E-state index contributed by atoms with van der Waals surface area (Å²) in [4.78, 5) is 29.0. The maximum atomic E-state index is 12.8. The Hall–Kier alpha value is -2.21. The van der Waals surface area contributed by atoms with Gasteiger partial charge in [-0.1, -0.05) is 32.8 Å². The summed E-state index contributed by atoms with van der Waals surface area (Å²) in [6, 6.07) is 6.19. The van der Waals surface area contributed by atoms with Crippen LogP contribution in [-0.2, 0) is 16.0 Å². The molecule has 27 heavy (non-hydrogen) atoms. The van der Waals surface area contributed by atoms with E-state index in [2.05, 4.69) is 36.2 Å². The van der Waals surface area contributed by atoms with E-state index in [0.717, 1.165) is 37.9 Å². The topological polar surface area (TPSA) is 52.7 Å². The lowest BCUT2D eigenvalue weighted by Crippen LogP contribution is -2.54. The highest BCUT2D eigenvalue weighted by Gasteiger charge is 2.33. The van der Waals surface area contributed by atoms with Gasteiger partial charge in [0.25, 0.3) is 11.8 Å². The van der Waals surface area contributed by atoms with Crippen molar-refractivity contribution in [2.75, 3.05) is 24.5 Å². The summed E-state index contributed by atoms with van der Waals surface area (Å²) in [6.07, 6.45) is 6.87. The van der Waals surface area contributed by atoms with Gasteiger partial charge in [-0.05, 0) is 60.8 Å². The smallest absolute Gasteiger partial charge is 0.265 e. The van der Waals surface area contributed by atoms with E-state index in [4.69, 9.17) is 12.2 Å². The zero-order valence-electron chi connectivity index (χ0n) is 16.1. The van der Waals surface area contributed by atoms with Crippen LogP contribution in [0.3, 0.4) is 0 Å². The van der Waals surface area contributed by atoms with Gasteiger partial charge >= 0.3 is 0 Å². The van der Waals surface area contributed by atoms with E-state index in [-0.39, 0.29) is 16.6 Å². The van der Waals surface area contributed by atoms with E-state index in [0.29, 0.717) is 6.54 Å². The Balaban J connectivity index is 1.82. The maximum absolute atomic E-state index is 12.8. The Bertz CT molecular complexity index is 788. The molecule has 0 bridgehead atoms. The predicted octanol–water partition coefficient (Wildman–Crippen LogP) is 3.28. The number of hydrogen-bond donors (Lipinski definition) is 1. The molecule has 0 aliphatic carbocycles. The van der Waals surface area contributed by atoms with Crippen molar-refractivity contribution in [1.29, 1.82) is 0 Å². The number of fused-ring (bicyclic) bond motifs is 1. The van der Waals surface area contributed by atoms with Crippen LogP contribution in [0.2, 0.25) is 0 Å². The third-order valence-electron chi connectivity index (χ3n) is 5.11. The molecule has 2 aliphatic rings. The van der Waals surface area contributed by atoms with E-state index in [1.54, 1.807) is 6.08 Å². The second kappa shape index (κ2) is 8.65. The number of hydrogen-bond acceptors (Lipinski definition) is 4. The first-order chi connectivity index (χ1) is 13.0. The molecule has 2 heterocycles. The van der Waals surface area contributed by atoms with Gasteiger partial charge in [-0.2, -0.15) is 0 Å². The van der Waals surface area contributed by atoms with Crippen LogP contribution < -0.4 is 10.2 Å². The molecule has 1 N–H and O–H groups in total. The van der Waals surface area contributed by atoms with E-state index in [9.17, 15) is 9.59 Å². The zero-order valence-corrected chi connectivity index (χ0v) is 16.9. The number of unbranched alkanes of at least 4 members (excludes halogenated alkanes) is 2. The Kier molecular flexibility index (Phi) is 6.26. The summed E-state index contributed by atoms with van der Waals surface area (Å²) < 4.78 is 0. The molecular formula is C21H27N3O2S. The monoisotopic (exact) mass is 385 g/mol. The lowest BCUT2D eigenvalue weighted by atomic mass is 10.0. The summed E-state index contributed by atoms with van der Waals surface area (Å²) in [7, 11) is 0. The SMILES string of the molecule is CCCCN1C(=O)C(=Cc2ccc3c(c2)CCN3CCCC)C(=O)NC1=S. The minimum atomic E-state index is -0.414. The molecule has 5 nitrogen and oxygen atoms in total. The summed E-state index contributed by atoms with van der Waals surface area (Å²) >= 11 is 5.17. The minimum Gasteiger partial charge on any atom is -0.371 e. The molecule has 144 valence electrons. The fourth-order valence-corrected chi connectivity index (χ4v) is 3.81.